The maximum Gasteiger partial charge on any atom is 0.242 e. The molecule has 4 heteroatoms. The number of fused-ring (bicyclic) bond motifs is 8. The van der Waals surface area contributed by atoms with E-state index in [0.29, 0.717) is 0 Å². The average Bonchev–Trinajstić information content (AvgIpc) is 3.41. The van der Waals surface area contributed by atoms with Crippen molar-refractivity contribution in [1.29, 1.82) is 0 Å². The maximum absolute atomic E-state index is 2.75. The third kappa shape index (κ3) is 4.40. The van der Waals surface area contributed by atoms with Gasteiger partial charge in [0, 0.05) is 0 Å². The van der Waals surface area contributed by atoms with Crippen LogP contribution in [0.25, 0.3) is 54.6 Å². The van der Waals surface area contributed by atoms with Gasteiger partial charge in [-0.1, -0.05) is 275 Å². The van der Waals surface area contributed by atoms with Gasteiger partial charge in [0.15, 0.2) is 16.1 Å². The fourth-order valence-electron chi connectivity index (χ4n) is 14.6. The lowest BCUT2D eigenvalue weighted by atomic mass is 9.32. The summed E-state index contributed by atoms with van der Waals surface area (Å²) in [6.45, 7) is 0.225. The molecular formula is C64H40B2Si2. The van der Waals surface area contributed by atoms with E-state index < -0.39 is 16.1 Å². The Hall–Kier alpha value is -7.76. The van der Waals surface area contributed by atoms with E-state index in [1.807, 2.05) is 0 Å². The number of hydrogen-bond donors (Lipinski definition) is 0. The summed E-state index contributed by atoms with van der Waals surface area (Å²) in [5.41, 5.74) is 14.3. The average molecular weight is 887 g/mol. The third-order valence-electron chi connectivity index (χ3n) is 16.9. The Morgan fingerprint density at radius 1 is 0.235 bits per heavy atom. The number of rotatable bonds is 4. The van der Waals surface area contributed by atoms with Crippen molar-refractivity contribution in [3.63, 3.8) is 0 Å². The van der Waals surface area contributed by atoms with Crippen LogP contribution in [0.4, 0.5) is 0 Å². The van der Waals surface area contributed by atoms with Crippen LogP contribution in [0.5, 0.6) is 0 Å². The van der Waals surface area contributed by atoms with Crippen LogP contribution >= 0.6 is 0 Å². The summed E-state index contributed by atoms with van der Waals surface area (Å²) in [4.78, 5) is 0. The van der Waals surface area contributed by atoms with Crippen molar-refractivity contribution in [1.82, 2.24) is 0 Å². The van der Waals surface area contributed by atoms with E-state index in [1.54, 1.807) is 0 Å². The molecule has 0 radical (unpaired) electrons. The van der Waals surface area contributed by atoms with Crippen molar-refractivity contribution < 1.29 is 0 Å². The van der Waals surface area contributed by atoms with Crippen LogP contribution in [0.15, 0.2) is 243 Å². The van der Waals surface area contributed by atoms with Gasteiger partial charge in [0.05, 0.1) is 0 Å². The largest absolute Gasteiger partial charge is 0.242 e. The highest BCUT2D eigenvalue weighted by Crippen LogP contribution is 2.44. The lowest BCUT2D eigenvalue weighted by Gasteiger charge is -2.46. The second-order valence-corrected chi connectivity index (χ2v) is 27.1. The molecule has 0 N–H and O–H groups in total. The van der Waals surface area contributed by atoms with Gasteiger partial charge in [-0.2, -0.15) is 0 Å². The molecule has 0 saturated carbocycles. The number of benzene rings is 12. The van der Waals surface area contributed by atoms with E-state index in [0.717, 1.165) is 0 Å². The van der Waals surface area contributed by atoms with Crippen molar-refractivity contribution in [2.45, 2.75) is 0 Å². The Kier molecular flexibility index (Phi) is 7.39. The van der Waals surface area contributed by atoms with Gasteiger partial charge in [0.2, 0.25) is 13.4 Å². The molecule has 0 unspecified atom stereocenters. The molecule has 12 aromatic rings. The Morgan fingerprint density at radius 3 is 0.956 bits per heavy atom. The molecule has 310 valence electrons. The molecule has 0 aromatic heterocycles. The molecule has 0 atom stereocenters. The highest BCUT2D eigenvalue weighted by atomic mass is 28.3. The zero-order valence-electron chi connectivity index (χ0n) is 37.2. The quantitative estimate of drug-likeness (QED) is 0.174. The predicted molar refractivity (Wildman–Crippen MR) is 298 cm³/mol. The first-order valence-corrected chi connectivity index (χ1v) is 28.2. The SMILES string of the molecule is c1ccc([Si]2(c3ccccc3)c3ccccc3B3c4c(cccc42)-c2ccc4cc5c6c(ccc7cc3c2c4c76)-c2cccc3c2B5c2ccccc2[Si]3(c2ccccc2)c2ccccc2)cc1. The summed E-state index contributed by atoms with van der Waals surface area (Å²) in [6, 6.07) is 94.8. The molecule has 0 nitrogen and oxygen atoms in total. The fraction of sp³-hybridized carbons (Fsp3) is 0. The molecule has 0 amide bonds. The van der Waals surface area contributed by atoms with E-state index in [1.165, 1.54) is 129 Å². The van der Waals surface area contributed by atoms with E-state index in [9.17, 15) is 0 Å². The lowest BCUT2D eigenvalue weighted by molar-refractivity contribution is 1.64. The standard InChI is InChI=1S/C64H40B2Si2/c1-5-19-43(20-6-1)67(44-21-7-2-8-22-44)55-31-15-13-29-51(55)65-53-39-41-36-38-48-50-28-18-34-58-64(50)66(52-30-14-16-32-56(52)68(58,45-23-9-3-10-24-45)46-25-11-4-12-26-46)54-40-42-35-37-47(49-27-17-33-57(67)63(49)65)61(53)59(42)60(41)62(48)54/h1-40H. The van der Waals surface area contributed by atoms with Crippen molar-refractivity contribution in [3.8, 4) is 22.3 Å². The van der Waals surface area contributed by atoms with Crippen LogP contribution in [0, 0.1) is 0 Å². The molecule has 0 bridgehead atoms. The second-order valence-electron chi connectivity index (χ2n) is 19.6. The molecule has 0 saturated heterocycles. The van der Waals surface area contributed by atoms with Gasteiger partial charge >= 0.3 is 0 Å². The van der Waals surface area contributed by atoms with Crippen LogP contribution in [-0.2, 0) is 0 Å². The Bertz CT molecular complexity index is 3750. The molecule has 4 aliphatic rings. The van der Waals surface area contributed by atoms with Crippen LogP contribution in [0.2, 0.25) is 0 Å². The first kappa shape index (κ1) is 37.3. The van der Waals surface area contributed by atoms with Crippen molar-refractivity contribution in [3.05, 3.63) is 243 Å². The summed E-state index contributed by atoms with van der Waals surface area (Å²) in [6.07, 6.45) is 0. The third-order valence-corrected chi connectivity index (χ3v) is 26.7. The minimum Gasteiger partial charge on any atom is -0.0682 e. The Balaban J connectivity index is 1.02. The predicted octanol–water partition coefficient (Wildman–Crippen LogP) is 4.96. The van der Waals surface area contributed by atoms with E-state index in [4.69, 9.17) is 0 Å². The van der Waals surface area contributed by atoms with Gasteiger partial charge in [0.1, 0.15) is 0 Å². The van der Waals surface area contributed by atoms with E-state index >= 15 is 0 Å². The first-order valence-electron chi connectivity index (χ1n) is 24.2. The molecule has 4 aliphatic heterocycles. The molecule has 12 aromatic carbocycles. The van der Waals surface area contributed by atoms with Crippen molar-refractivity contribution in [2.24, 2.45) is 0 Å². The summed E-state index contributed by atoms with van der Waals surface area (Å²) in [5.74, 6) is 0. The Labute approximate surface area is 398 Å². The number of hydrogen-bond acceptors (Lipinski definition) is 0. The summed E-state index contributed by atoms with van der Waals surface area (Å²) in [7, 11) is -5.49. The van der Waals surface area contributed by atoms with Gasteiger partial charge in [0.25, 0.3) is 0 Å². The Morgan fingerprint density at radius 2 is 0.574 bits per heavy atom. The van der Waals surface area contributed by atoms with Gasteiger partial charge in [-0.3, -0.25) is 0 Å². The van der Waals surface area contributed by atoms with Crippen LogP contribution in [-0.4, -0.2) is 29.6 Å². The minimum absolute atomic E-state index is 0.113. The lowest BCUT2D eigenvalue weighted by Crippen LogP contribution is -2.87. The van der Waals surface area contributed by atoms with Gasteiger partial charge < -0.3 is 0 Å². The summed E-state index contributed by atoms with van der Waals surface area (Å²) in [5, 5.41) is 20.2. The summed E-state index contributed by atoms with van der Waals surface area (Å²) < 4.78 is 0. The molecule has 0 aliphatic carbocycles. The molecule has 4 heterocycles. The highest BCUT2D eigenvalue weighted by Gasteiger charge is 2.54. The smallest absolute Gasteiger partial charge is 0.0682 e. The van der Waals surface area contributed by atoms with Gasteiger partial charge in [-0.15, -0.1) is 0 Å². The molecule has 16 rings (SSSR count). The minimum atomic E-state index is -2.75. The second kappa shape index (κ2) is 13.4. The molecule has 68 heavy (non-hydrogen) atoms. The monoisotopic (exact) mass is 886 g/mol. The molecule has 0 fully saturated rings. The van der Waals surface area contributed by atoms with Crippen LogP contribution < -0.4 is 74.3 Å². The zero-order valence-corrected chi connectivity index (χ0v) is 39.2. The van der Waals surface area contributed by atoms with Gasteiger partial charge in [-0.25, -0.2) is 0 Å². The summed E-state index contributed by atoms with van der Waals surface area (Å²) >= 11 is 0. The normalized spacial score (nSPS) is 14.9. The van der Waals surface area contributed by atoms with E-state index in [-0.39, 0.29) is 13.4 Å². The maximum atomic E-state index is 2.62. The van der Waals surface area contributed by atoms with Crippen LogP contribution in [0.3, 0.4) is 0 Å². The van der Waals surface area contributed by atoms with Crippen LogP contribution in [0.1, 0.15) is 0 Å². The highest BCUT2D eigenvalue weighted by molar-refractivity contribution is 7.28. The van der Waals surface area contributed by atoms with Crippen molar-refractivity contribution in [2.75, 3.05) is 0 Å². The fourth-order valence-corrected chi connectivity index (χ4v) is 25.2. The topological polar surface area (TPSA) is 0 Å². The molecule has 0 spiro atoms. The first-order chi connectivity index (χ1) is 33.8. The van der Waals surface area contributed by atoms with Crippen molar-refractivity contribution >= 4 is 136 Å². The van der Waals surface area contributed by atoms with E-state index in [2.05, 4.69) is 243 Å². The van der Waals surface area contributed by atoms with Gasteiger partial charge in [-0.05, 0) is 96.1 Å². The molecular weight excluding hydrogens is 846 g/mol. The zero-order chi connectivity index (χ0) is 44.3.